The Balaban J connectivity index is 3.19. The molecule has 1 rings (SSSR count). The van der Waals surface area contributed by atoms with Crippen molar-refractivity contribution in [2.45, 2.75) is 11.8 Å². The first-order valence-electron chi connectivity index (χ1n) is 5.14. The summed E-state index contributed by atoms with van der Waals surface area (Å²) in [5.74, 6) is 0. The normalized spacial score (nSPS) is 12.2. The maximum atomic E-state index is 11.3. The average molecular weight is 248 g/mol. The number of hydrogen-bond acceptors (Lipinski definition) is 2. The van der Waals surface area contributed by atoms with E-state index in [1.54, 1.807) is 30.3 Å². The van der Waals surface area contributed by atoms with Crippen LogP contribution in [0, 0.1) is 0 Å². The molecule has 0 saturated heterocycles. The van der Waals surface area contributed by atoms with Crippen LogP contribution in [0.4, 0.5) is 0 Å². The number of sulfone groups is 1. The molecule has 2 nitrogen and oxygen atoms in total. The van der Waals surface area contributed by atoms with Gasteiger partial charge < -0.3 is 0 Å². The second kappa shape index (κ2) is 5.15. The van der Waals surface area contributed by atoms with Crippen molar-refractivity contribution in [3.05, 3.63) is 60.7 Å². The van der Waals surface area contributed by atoms with Crippen molar-refractivity contribution in [3.8, 4) is 0 Å². The smallest absolute Gasteiger partial charge is 0.175 e. The first-order valence-corrected chi connectivity index (χ1v) is 7.04. The molecule has 0 amide bonds. The minimum atomic E-state index is -3.14. The molecule has 0 bridgehead atoms. The largest absolute Gasteiger partial charge is 0.224 e. The van der Waals surface area contributed by atoms with Gasteiger partial charge in [-0.1, -0.05) is 43.0 Å². The fourth-order valence-corrected chi connectivity index (χ4v) is 2.05. The van der Waals surface area contributed by atoms with Crippen LogP contribution in [-0.4, -0.2) is 14.7 Å². The van der Waals surface area contributed by atoms with E-state index in [4.69, 9.17) is 0 Å². The Morgan fingerprint density at radius 3 is 2.12 bits per heavy atom. The van der Waals surface area contributed by atoms with Gasteiger partial charge in [0.05, 0.1) is 4.90 Å². The molecule has 1 aromatic rings. The third-order valence-corrected chi connectivity index (χ3v) is 3.37. The lowest BCUT2D eigenvalue weighted by Crippen LogP contribution is -1.96. The van der Waals surface area contributed by atoms with Crippen LogP contribution >= 0.6 is 0 Å². The van der Waals surface area contributed by atoms with E-state index in [0.717, 1.165) is 16.7 Å². The van der Waals surface area contributed by atoms with Crippen molar-refractivity contribution in [2.24, 2.45) is 0 Å². The Morgan fingerprint density at radius 1 is 1.24 bits per heavy atom. The first kappa shape index (κ1) is 13.5. The summed E-state index contributed by atoms with van der Waals surface area (Å²) in [5.41, 5.74) is 2.78. The van der Waals surface area contributed by atoms with Gasteiger partial charge in [0.15, 0.2) is 9.84 Å². The van der Waals surface area contributed by atoms with Crippen LogP contribution < -0.4 is 0 Å². The lowest BCUT2D eigenvalue weighted by Gasteiger charge is -2.04. The van der Waals surface area contributed by atoms with Gasteiger partial charge in [0.25, 0.3) is 0 Å². The van der Waals surface area contributed by atoms with Gasteiger partial charge in [-0.3, -0.25) is 0 Å². The molecular formula is C14H16O2S. The molecule has 0 N–H and O–H groups in total. The minimum Gasteiger partial charge on any atom is -0.224 e. The fourth-order valence-electron chi connectivity index (χ4n) is 1.42. The summed E-state index contributed by atoms with van der Waals surface area (Å²) in [5, 5.41) is 0. The molecule has 0 radical (unpaired) electrons. The van der Waals surface area contributed by atoms with Crippen LogP contribution in [0.1, 0.15) is 12.5 Å². The van der Waals surface area contributed by atoms with E-state index in [0.29, 0.717) is 4.90 Å². The number of hydrogen-bond donors (Lipinski definition) is 0. The topological polar surface area (TPSA) is 34.1 Å². The summed E-state index contributed by atoms with van der Waals surface area (Å²) >= 11 is 0. The standard InChI is InChI=1S/C14H16O2S/c1-5-12(10-11(2)3)13-6-8-14(9-7-13)17(4,15)16/h5-10H,1-2H2,3-4H3. The SMILES string of the molecule is C=CC(=CC(=C)C)c1ccc(S(C)(=O)=O)cc1. The van der Waals surface area contributed by atoms with Crippen molar-refractivity contribution in [3.63, 3.8) is 0 Å². The van der Waals surface area contributed by atoms with Gasteiger partial charge >= 0.3 is 0 Å². The average Bonchev–Trinajstić information content (AvgIpc) is 2.24. The van der Waals surface area contributed by atoms with E-state index >= 15 is 0 Å². The number of allylic oxidation sites excluding steroid dienone is 4. The minimum absolute atomic E-state index is 0.319. The molecule has 3 heteroatoms. The highest BCUT2D eigenvalue weighted by atomic mass is 32.2. The van der Waals surface area contributed by atoms with Crippen LogP contribution in [0.2, 0.25) is 0 Å². The van der Waals surface area contributed by atoms with Gasteiger partial charge in [0, 0.05) is 6.26 Å². The Hall–Kier alpha value is -1.61. The fraction of sp³-hybridized carbons (Fsp3) is 0.143. The zero-order valence-electron chi connectivity index (χ0n) is 10.1. The molecule has 17 heavy (non-hydrogen) atoms. The van der Waals surface area contributed by atoms with Gasteiger partial charge in [-0.2, -0.15) is 0 Å². The predicted molar refractivity (Wildman–Crippen MR) is 72.5 cm³/mol. The molecule has 0 atom stereocenters. The molecule has 1 aromatic carbocycles. The van der Waals surface area contributed by atoms with Crippen molar-refractivity contribution in [1.82, 2.24) is 0 Å². The molecule has 90 valence electrons. The predicted octanol–water partition coefficient (Wildman–Crippen LogP) is 3.24. The second-order valence-electron chi connectivity index (χ2n) is 3.95. The summed E-state index contributed by atoms with van der Waals surface area (Å²) in [6, 6.07) is 6.74. The molecule has 0 aromatic heterocycles. The number of rotatable bonds is 4. The van der Waals surface area contributed by atoms with E-state index in [1.165, 1.54) is 6.26 Å². The maximum absolute atomic E-state index is 11.3. The Labute approximate surface area is 103 Å². The van der Waals surface area contributed by atoms with Crippen molar-refractivity contribution in [1.29, 1.82) is 0 Å². The molecule has 0 aliphatic rings. The highest BCUT2D eigenvalue weighted by Crippen LogP contribution is 2.19. The quantitative estimate of drug-likeness (QED) is 0.767. The summed E-state index contributed by atoms with van der Waals surface area (Å²) in [6.45, 7) is 9.44. The summed E-state index contributed by atoms with van der Waals surface area (Å²) in [4.78, 5) is 0.319. The van der Waals surface area contributed by atoms with E-state index < -0.39 is 9.84 Å². The third-order valence-electron chi connectivity index (χ3n) is 2.24. The lowest BCUT2D eigenvalue weighted by atomic mass is 10.0. The van der Waals surface area contributed by atoms with E-state index in [9.17, 15) is 8.42 Å². The first-order chi connectivity index (χ1) is 7.84. The van der Waals surface area contributed by atoms with Crippen LogP contribution in [0.15, 0.2) is 60.0 Å². The summed E-state index contributed by atoms with van der Waals surface area (Å²) in [7, 11) is -3.14. The highest BCUT2D eigenvalue weighted by Gasteiger charge is 2.06. The van der Waals surface area contributed by atoms with E-state index in [1.807, 2.05) is 13.0 Å². The van der Waals surface area contributed by atoms with Gasteiger partial charge in [-0.15, -0.1) is 0 Å². The molecule has 0 fully saturated rings. The zero-order valence-corrected chi connectivity index (χ0v) is 10.9. The van der Waals surface area contributed by atoms with Crippen LogP contribution in [0.5, 0.6) is 0 Å². The molecule has 0 spiro atoms. The van der Waals surface area contributed by atoms with Crippen molar-refractivity contribution >= 4 is 15.4 Å². The Bertz CT molecular complexity index is 561. The van der Waals surface area contributed by atoms with Crippen molar-refractivity contribution in [2.75, 3.05) is 6.26 Å². The van der Waals surface area contributed by atoms with Crippen LogP contribution in [0.25, 0.3) is 5.57 Å². The van der Waals surface area contributed by atoms with E-state index in [2.05, 4.69) is 13.2 Å². The molecule has 0 unspecified atom stereocenters. The van der Waals surface area contributed by atoms with Crippen molar-refractivity contribution < 1.29 is 8.42 Å². The molecule has 0 saturated carbocycles. The Kier molecular flexibility index (Phi) is 4.07. The zero-order chi connectivity index (χ0) is 13.1. The molecule has 0 aliphatic carbocycles. The van der Waals surface area contributed by atoms with Gasteiger partial charge in [-0.05, 0) is 30.2 Å². The maximum Gasteiger partial charge on any atom is 0.175 e. The van der Waals surface area contributed by atoms with Crippen LogP contribution in [-0.2, 0) is 9.84 Å². The van der Waals surface area contributed by atoms with Crippen LogP contribution in [0.3, 0.4) is 0 Å². The van der Waals surface area contributed by atoms with Gasteiger partial charge in [0.2, 0.25) is 0 Å². The second-order valence-corrected chi connectivity index (χ2v) is 5.96. The summed E-state index contributed by atoms with van der Waals surface area (Å²) in [6.07, 6.45) is 4.83. The third kappa shape index (κ3) is 3.71. The lowest BCUT2D eigenvalue weighted by molar-refractivity contribution is 0.602. The Morgan fingerprint density at radius 2 is 1.76 bits per heavy atom. The van der Waals surface area contributed by atoms with Gasteiger partial charge in [-0.25, -0.2) is 8.42 Å². The van der Waals surface area contributed by atoms with E-state index in [-0.39, 0.29) is 0 Å². The number of benzene rings is 1. The molecule has 0 heterocycles. The summed E-state index contributed by atoms with van der Waals surface area (Å²) < 4.78 is 22.6. The monoisotopic (exact) mass is 248 g/mol. The highest BCUT2D eigenvalue weighted by molar-refractivity contribution is 7.90. The van der Waals surface area contributed by atoms with Gasteiger partial charge in [0.1, 0.15) is 0 Å². The molecule has 0 aliphatic heterocycles. The molecular weight excluding hydrogens is 232 g/mol.